The number of amides is 2. The Bertz CT molecular complexity index is 1280. The van der Waals surface area contributed by atoms with Crippen molar-refractivity contribution in [3.63, 3.8) is 0 Å². The highest BCUT2D eigenvalue weighted by atomic mass is 19.4. The van der Waals surface area contributed by atoms with Crippen LogP contribution in [-0.4, -0.2) is 66.0 Å². The van der Waals surface area contributed by atoms with Crippen molar-refractivity contribution in [2.45, 2.75) is 24.4 Å². The second-order valence-corrected chi connectivity index (χ2v) is 9.40. The topological polar surface area (TPSA) is 52.7 Å². The Morgan fingerprint density at radius 3 is 2.03 bits per heavy atom. The van der Waals surface area contributed by atoms with E-state index in [2.05, 4.69) is 5.32 Å². The summed E-state index contributed by atoms with van der Waals surface area (Å²) < 4.78 is 56.2. The van der Waals surface area contributed by atoms with Crippen molar-refractivity contribution in [3.05, 3.63) is 95.6 Å². The molecule has 0 spiro atoms. The van der Waals surface area contributed by atoms with Gasteiger partial charge in [-0.3, -0.25) is 9.59 Å². The number of carbonyl (C=O) groups excluding carboxylic acids is 2. The Morgan fingerprint density at radius 1 is 0.757 bits per heavy atom. The second kappa shape index (κ2) is 9.97. The zero-order chi connectivity index (χ0) is 26.2. The molecule has 5 nitrogen and oxygen atoms in total. The predicted octanol–water partition coefficient (Wildman–Crippen LogP) is 4.65. The summed E-state index contributed by atoms with van der Waals surface area (Å²) >= 11 is 0. The third kappa shape index (κ3) is 5.22. The molecule has 0 aliphatic carbocycles. The van der Waals surface area contributed by atoms with Gasteiger partial charge in [0.1, 0.15) is 6.17 Å². The molecular weight excluding hydrogens is 486 g/mol. The molecule has 3 aromatic carbocycles. The van der Waals surface area contributed by atoms with E-state index in [-0.39, 0.29) is 38.1 Å². The molecule has 0 aromatic heterocycles. The average molecular weight is 512 g/mol. The fourth-order valence-corrected chi connectivity index (χ4v) is 4.85. The first-order chi connectivity index (χ1) is 17.7. The van der Waals surface area contributed by atoms with Crippen molar-refractivity contribution < 1.29 is 27.2 Å². The molecule has 9 heteroatoms. The lowest BCUT2D eigenvalue weighted by molar-refractivity contribution is -0.138. The SMILES string of the molecule is O=C(c1ccccc1)N1CC(F)C(NC2CN(C(=O)c3ccc(-c4ccccc4)cc3C(F)(F)F)C2)C1. The van der Waals surface area contributed by atoms with Gasteiger partial charge in [0.25, 0.3) is 11.8 Å². The molecule has 2 aliphatic rings. The molecule has 2 saturated heterocycles. The largest absolute Gasteiger partial charge is 0.417 e. The van der Waals surface area contributed by atoms with E-state index in [9.17, 15) is 27.2 Å². The molecule has 37 heavy (non-hydrogen) atoms. The zero-order valence-electron chi connectivity index (χ0n) is 19.8. The highest BCUT2D eigenvalue weighted by Crippen LogP contribution is 2.36. The van der Waals surface area contributed by atoms with Crippen molar-refractivity contribution in [1.82, 2.24) is 15.1 Å². The first kappa shape index (κ1) is 25.0. The third-order valence-electron chi connectivity index (χ3n) is 6.84. The number of benzene rings is 3. The number of nitrogens with one attached hydrogen (secondary N) is 1. The van der Waals surface area contributed by atoms with Crippen LogP contribution in [0.3, 0.4) is 0 Å². The minimum Gasteiger partial charge on any atom is -0.335 e. The Morgan fingerprint density at radius 2 is 1.38 bits per heavy atom. The standard InChI is InChI=1S/C28H25F4N3O2/c29-24-16-35(26(36)19-9-5-2-6-10-19)17-25(24)33-21-14-34(15-21)27(37)22-12-11-20(13-23(22)28(30,31)32)18-7-3-1-4-8-18/h1-13,21,24-25,33H,14-17H2. The van der Waals surface area contributed by atoms with Gasteiger partial charge in [-0.15, -0.1) is 0 Å². The van der Waals surface area contributed by atoms with Crippen LogP contribution in [0.1, 0.15) is 26.3 Å². The number of halogens is 4. The van der Waals surface area contributed by atoms with Crippen LogP contribution in [0.25, 0.3) is 11.1 Å². The second-order valence-electron chi connectivity index (χ2n) is 9.40. The molecule has 192 valence electrons. The third-order valence-corrected chi connectivity index (χ3v) is 6.84. The number of nitrogens with zero attached hydrogens (tertiary/aromatic N) is 2. The maximum atomic E-state index is 14.7. The van der Waals surface area contributed by atoms with E-state index in [1.54, 1.807) is 60.7 Å². The molecule has 0 bridgehead atoms. The van der Waals surface area contributed by atoms with Gasteiger partial charge in [-0.05, 0) is 35.4 Å². The predicted molar refractivity (Wildman–Crippen MR) is 131 cm³/mol. The summed E-state index contributed by atoms with van der Waals surface area (Å²) in [5.74, 6) is -0.967. The highest BCUT2D eigenvalue weighted by Gasteiger charge is 2.42. The molecule has 1 N–H and O–H groups in total. The van der Waals surface area contributed by atoms with Gasteiger partial charge < -0.3 is 15.1 Å². The number of carbonyl (C=O) groups is 2. The number of rotatable bonds is 5. The van der Waals surface area contributed by atoms with E-state index >= 15 is 0 Å². The van der Waals surface area contributed by atoms with Gasteiger partial charge in [0, 0.05) is 31.2 Å². The Hall–Kier alpha value is -3.72. The number of likely N-dealkylation sites (tertiary alicyclic amines) is 2. The summed E-state index contributed by atoms with van der Waals surface area (Å²) in [6.45, 7) is 0.459. The Labute approximate surface area is 211 Å². The lowest BCUT2D eigenvalue weighted by atomic mass is 9.96. The summed E-state index contributed by atoms with van der Waals surface area (Å²) in [4.78, 5) is 28.3. The normalized spacial score (nSPS) is 20.1. The average Bonchev–Trinajstić information content (AvgIpc) is 3.25. The summed E-state index contributed by atoms with van der Waals surface area (Å²) in [7, 11) is 0. The lowest BCUT2D eigenvalue weighted by Gasteiger charge is -2.41. The van der Waals surface area contributed by atoms with E-state index < -0.39 is 35.4 Å². The van der Waals surface area contributed by atoms with Gasteiger partial charge in [-0.1, -0.05) is 54.6 Å². The van der Waals surface area contributed by atoms with Crippen LogP contribution >= 0.6 is 0 Å². The first-order valence-electron chi connectivity index (χ1n) is 12.0. The van der Waals surface area contributed by atoms with Gasteiger partial charge in [0.05, 0.1) is 23.7 Å². The molecule has 2 amide bonds. The fraction of sp³-hybridized carbons (Fsp3) is 0.286. The summed E-state index contributed by atoms with van der Waals surface area (Å²) in [5.41, 5.74) is 0.0868. The van der Waals surface area contributed by atoms with Crippen molar-refractivity contribution in [2.24, 2.45) is 0 Å². The molecule has 3 aromatic rings. The van der Waals surface area contributed by atoms with E-state index in [0.717, 1.165) is 6.07 Å². The van der Waals surface area contributed by atoms with Crippen LogP contribution in [-0.2, 0) is 6.18 Å². The molecule has 2 atom stereocenters. The van der Waals surface area contributed by atoms with E-state index in [4.69, 9.17) is 0 Å². The van der Waals surface area contributed by atoms with Gasteiger partial charge in [-0.2, -0.15) is 13.2 Å². The quantitative estimate of drug-likeness (QED) is 0.508. The van der Waals surface area contributed by atoms with Crippen molar-refractivity contribution in [1.29, 1.82) is 0 Å². The van der Waals surface area contributed by atoms with Gasteiger partial charge in [0.2, 0.25) is 0 Å². The van der Waals surface area contributed by atoms with Gasteiger partial charge in [-0.25, -0.2) is 4.39 Å². The zero-order valence-corrected chi connectivity index (χ0v) is 19.8. The number of alkyl halides is 4. The highest BCUT2D eigenvalue weighted by molar-refractivity contribution is 5.97. The molecule has 5 rings (SSSR count). The maximum absolute atomic E-state index is 14.7. The van der Waals surface area contributed by atoms with E-state index in [1.165, 1.54) is 21.9 Å². The van der Waals surface area contributed by atoms with Crippen molar-refractivity contribution in [3.8, 4) is 11.1 Å². The van der Waals surface area contributed by atoms with Crippen LogP contribution in [0.2, 0.25) is 0 Å². The summed E-state index contributed by atoms with van der Waals surface area (Å²) in [5, 5.41) is 3.13. The van der Waals surface area contributed by atoms with Crippen LogP contribution in [0.15, 0.2) is 78.9 Å². The van der Waals surface area contributed by atoms with Gasteiger partial charge >= 0.3 is 6.18 Å². The smallest absolute Gasteiger partial charge is 0.335 e. The van der Waals surface area contributed by atoms with Crippen molar-refractivity contribution in [2.75, 3.05) is 26.2 Å². The van der Waals surface area contributed by atoms with Gasteiger partial charge in [0.15, 0.2) is 0 Å². The number of hydrogen-bond acceptors (Lipinski definition) is 3. The Kier molecular flexibility index (Phi) is 6.72. The summed E-state index contributed by atoms with van der Waals surface area (Å²) in [6, 6.07) is 20.1. The molecule has 2 heterocycles. The minimum absolute atomic E-state index is 0.0382. The van der Waals surface area contributed by atoms with E-state index in [0.29, 0.717) is 16.7 Å². The van der Waals surface area contributed by atoms with Crippen LogP contribution in [0, 0.1) is 0 Å². The molecule has 2 unspecified atom stereocenters. The first-order valence-corrected chi connectivity index (χ1v) is 12.0. The maximum Gasteiger partial charge on any atom is 0.417 e. The Balaban J connectivity index is 1.22. The number of hydrogen-bond donors (Lipinski definition) is 1. The van der Waals surface area contributed by atoms with Crippen LogP contribution < -0.4 is 5.32 Å². The fourth-order valence-electron chi connectivity index (χ4n) is 4.85. The minimum atomic E-state index is -4.70. The van der Waals surface area contributed by atoms with Crippen molar-refractivity contribution >= 4 is 11.8 Å². The van der Waals surface area contributed by atoms with E-state index in [1.807, 2.05) is 0 Å². The molecule has 2 aliphatic heterocycles. The molecular formula is C28H25F4N3O2. The molecule has 2 fully saturated rings. The van der Waals surface area contributed by atoms with Crippen LogP contribution in [0.4, 0.5) is 17.6 Å². The molecule has 0 saturated carbocycles. The lowest BCUT2D eigenvalue weighted by Crippen LogP contribution is -2.63. The monoisotopic (exact) mass is 511 g/mol. The summed E-state index contributed by atoms with van der Waals surface area (Å²) in [6.07, 6.45) is -5.97. The molecule has 0 radical (unpaired) electrons. The van der Waals surface area contributed by atoms with Crippen LogP contribution in [0.5, 0.6) is 0 Å².